The van der Waals surface area contributed by atoms with E-state index in [4.69, 9.17) is 4.74 Å². The van der Waals surface area contributed by atoms with Crippen molar-refractivity contribution < 1.29 is 9.53 Å². The van der Waals surface area contributed by atoms with E-state index in [1.54, 1.807) is 7.11 Å². The third-order valence-corrected chi connectivity index (χ3v) is 3.02. The van der Waals surface area contributed by atoms with Gasteiger partial charge in [0.25, 0.3) is 0 Å². The summed E-state index contributed by atoms with van der Waals surface area (Å²) in [6.45, 7) is 5.76. The molecule has 15 heavy (non-hydrogen) atoms. The van der Waals surface area contributed by atoms with E-state index in [0.29, 0.717) is 0 Å². The molecule has 0 aliphatic rings. The Balaban J connectivity index is 2.87. The highest BCUT2D eigenvalue weighted by molar-refractivity contribution is 5.98. The first-order valence-corrected chi connectivity index (χ1v) is 5.13. The molecule has 2 nitrogen and oxygen atoms in total. The zero-order valence-electron chi connectivity index (χ0n) is 9.78. The number of benzene rings is 1. The van der Waals surface area contributed by atoms with Gasteiger partial charge in [-0.25, -0.2) is 0 Å². The first kappa shape index (κ1) is 11.9. The molecule has 1 aromatic carbocycles. The fraction of sp³-hybridized carbons (Fsp3) is 0.462. The number of hydrogen-bond acceptors (Lipinski definition) is 2. The number of Topliss-reactive ketones (excluding diaryl/α,β-unsaturated/α-hetero) is 1. The van der Waals surface area contributed by atoms with Crippen LogP contribution in [0.3, 0.4) is 0 Å². The van der Waals surface area contributed by atoms with Gasteiger partial charge in [-0.3, -0.25) is 4.79 Å². The van der Waals surface area contributed by atoms with E-state index in [2.05, 4.69) is 0 Å². The Morgan fingerprint density at radius 2 is 1.80 bits per heavy atom. The SMILES string of the molecule is COC(C)(C)C(C)C(=O)c1ccccc1. The van der Waals surface area contributed by atoms with Crippen molar-refractivity contribution in [3.63, 3.8) is 0 Å². The Morgan fingerprint density at radius 3 is 2.27 bits per heavy atom. The second-order valence-electron chi connectivity index (χ2n) is 4.26. The maximum Gasteiger partial charge on any atom is 0.168 e. The van der Waals surface area contributed by atoms with Crippen molar-refractivity contribution in [1.82, 2.24) is 0 Å². The smallest absolute Gasteiger partial charge is 0.168 e. The molecule has 0 spiro atoms. The maximum absolute atomic E-state index is 12.1. The van der Waals surface area contributed by atoms with Crippen molar-refractivity contribution in [2.75, 3.05) is 7.11 Å². The number of carbonyl (C=O) groups excluding carboxylic acids is 1. The average molecular weight is 206 g/mol. The van der Waals surface area contributed by atoms with Gasteiger partial charge in [-0.15, -0.1) is 0 Å². The van der Waals surface area contributed by atoms with Gasteiger partial charge >= 0.3 is 0 Å². The first-order chi connectivity index (χ1) is 6.99. The second-order valence-corrected chi connectivity index (χ2v) is 4.26. The number of hydrogen-bond donors (Lipinski definition) is 0. The van der Waals surface area contributed by atoms with E-state index in [1.807, 2.05) is 51.1 Å². The largest absolute Gasteiger partial charge is 0.378 e. The molecule has 0 aliphatic carbocycles. The predicted molar refractivity (Wildman–Crippen MR) is 61.0 cm³/mol. The molecule has 1 unspecified atom stereocenters. The van der Waals surface area contributed by atoms with Crippen LogP contribution in [0, 0.1) is 5.92 Å². The van der Waals surface area contributed by atoms with Gasteiger partial charge in [0.05, 0.1) is 5.60 Å². The van der Waals surface area contributed by atoms with Crippen LogP contribution in [0.1, 0.15) is 31.1 Å². The van der Waals surface area contributed by atoms with E-state index < -0.39 is 5.60 Å². The molecule has 1 rings (SSSR count). The Hall–Kier alpha value is -1.15. The maximum atomic E-state index is 12.1. The van der Waals surface area contributed by atoms with Crippen LogP contribution in [-0.4, -0.2) is 18.5 Å². The van der Waals surface area contributed by atoms with E-state index in [9.17, 15) is 4.79 Å². The van der Waals surface area contributed by atoms with Crippen LogP contribution in [0.25, 0.3) is 0 Å². The average Bonchev–Trinajstić information content (AvgIpc) is 2.28. The predicted octanol–water partition coefficient (Wildman–Crippen LogP) is 2.93. The lowest BCUT2D eigenvalue weighted by Crippen LogP contribution is -2.36. The van der Waals surface area contributed by atoms with Gasteiger partial charge in [0.15, 0.2) is 5.78 Å². The van der Waals surface area contributed by atoms with Crippen LogP contribution < -0.4 is 0 Å². The van der Waals surface area contributed by atoms with E-state index >= 15 is 0 Å². The van der Waals surface area contributed by atoms with Gasteiger partial charge in [0, 0.05) is 18.6 Å². The van der Waals surface area contributed by atoms with Gasteiger partial charge in [0.1, 0.15) is 0 Å². The molecule has 1 aromatic rings. The summed E-state index contributed by atoms with van der Waals surface area (Å²) in [7, 11) is 1.63. The monoisotopic (exact) mass is 206 g/mol. The summed E-state index contributed by atoms with van der Waals surface area (Å²) >= 11 is 0. The lowest BCUT2D eigenvalue weighted by Gasteiger charge is -2.29. The highest BCUT2D eigenvalue weighted by atomic mass is 16.5. The molecule has 0 aromatic heterocycles. The van der Waals surface area contributed by atoms with Crippen LogP contribution in [0.2, 0.25) is 0 Å². The molecule has 82 valence electrons. The fourth-order valence-electron chi connectivity index (χ4n) is 1.34. The van der Waals surface area contributed by atoms with Crippen LogP contribution in [0.5, 0.6) is 0 Å². The summed E-state index contributed by atoms with van der Waals surface area (Å²) in [5.41, 5.74) is 0.322. The molecular weight excluding hydrogens is 188 g/mol. The third-order valence-electron chi connectivity index (χ3n) is 3.02. The molecule has 0 saturated carbocycles. The summed E-state index contributed by atoms with van der Waals surface area (Å²) in [5, 5.41) is 0. The summed E-state index contributed by atoms with van der Waals surface area (Å²) in [6.07, 6.45) is 0. The van der Waals surface area contributed by atoms with Gasteiger partial charge in [-0.1, -0.05) is 37.3 Å². The standard InChI is InChI=1S/C13H18O2/c1-10(13(2,3)15-4)12(14)11-8-6-5-7-9-11/h5-10H,1-4H3. The number of rotatable bonds is 4. The number of methoxy groups -OCH3 is 1. The Labute approximate surface area is 91.3 Å². The van der Waals surface area contributed by atoms with Gasteiger partial charge in [0.2, 0.25) is 0 Å². The Morgan fingerprint density at radius 1 is 1.27 bits per heavy atom. The van der Waals surface area contributed by atoms with Crippen LogP contribution in [0.4, 0.5) is 0 Å². The molecule has 0 bridgehead atoms. The molecule has 2 heteroatoms. The molecule has 0 fully saturated rings. The van der Waals surface area contributed by atoms with E-state index in [-0.39, 0.29) is 11.7 Å². The van der Waals surface area contributed by atoms with Crippen molar-refractivity contribution in [3.8, 4) is 0 Å². The molecule has 1 atom stereocenters. The minimum absolute atomic E-state index is 0.127. The van der Waals surface area contributed by atoms with E-state index in [1.165, 1.54) is 0 Å². The normalized spacial score (nSPS) is 13.6. The highest BCUT2D eigenvalue weighted by Gasteiger charge is 2.31. The second kappa shape index (κ2) is 4.58. The van der Waals surface area contributed by atoms with Crippen LogP contribution in [0.15, 0.2) is 30.3 Å². The lowest BCUT2D eigenvalue weighted by molar-refractivity contribution is -0.0144. The summed E-state index contributed by atoms with van der Waals surface area (Å²) < 4.78 is 5.32. The summed E-state index contributed by atoms with van der Waals surface area (Å²) in [4.78, 5) is 12.1. The topological polar surface area (TPSA) is 26.3 Å². The fourth-order valence-corrected chi connectivity index (χ4v) is 1.34. The summed E-state index contributed by atoms with van der Waals surface area (Å²) in [5.74, 6) is -0.0210. The molecule has 0 N–H and O–H groups in total. The molecule has 0 saturated heterocycles. The summed E-state index contributed by atoms with van der Waals surface area (Å²) in [6, 6.07) is 9.33. The lowest BCUT2D eigenvalue weighted by atomic mass is 9.86. The highest BCUT2D eigenvalue weighted by Crippen LogP contribution is 2.23. The Kier molecular flexibility index (Phi) is 3.64. The molecular formula is C13H18O2. The first-order valence-electron chi connectivity index (χ1n) is 5.13. The zero-order chi connectivity index (χ0) is 11.5. The van der Waals surface area contributed by atoms with Crippen molar-refractivity contribution in [2.24, 2.45) is 5.92 Å². The van der Waals surface area contributed by atoms with Gasteiger partial charge < -0.3 is 4.74 Å². The van der Waals surface area contributed by atoms with Crippen molar-refractivity contribution in [3.05, 3.63) is 35.9 Å². The zero-order valence-corrected chi connectivity index (χ0v) is 9.78. The van der Waals surface area contributed by atoms with Crippen molar-refractivity contribution in [1.29, 1.82) is 0 Å². The number of ketones is 1. The third kappa shape index (κ3) is 2.66. The number of carbonyl (C=O) groups is 1. The Bertz CT molecular complexity index is 328. The van der Waals surface area contributed by atoms with Gasteiger partial charge in [-0.2, -0.15) is 0 Å². The van der Waals surface area contributed by atoms with Crippen LogP contribution in [-0.2, 0) is 4.74 Å². The van der Waals surface area contributed by atoms with Crippen molar-refractivity contribution in [2.45, 2.75) is 26.4 Å². The molecule has 0 aliphatic heterocycles. The molecule has 0 heterocycles. The van der Waals surface area contributed by atoms with Crippen LogP contribution >= 0.6 is 0 Å². The van der Waals surface area contributed by atoms with Gasteiger partial charge in [-0.05, 0) is 13.8 Å². The number of ether oxygens (including phenoxy) is 1. The quantitative estimate of drug-likeness (QED) is 0.708. The van der Waals surface area contributed by atoms with Crippen molar-refractivity contribution >= 4 is 5.78 Å². The molecule has 0 amide bonds. The minimum atomic E-state index is -0.424. The van der Waals surface area contributed by atoms with E-state index in [0.717, 1.165) is 5.56 Å². The molecule has 0 radical (unpaired) electrons. The minimum Gasteiger partial charge on any atom is -0.378 e.